The van der Waals surface area contributed by atoms with Gasteiger partial charge in [0, 0.05) is 30.7 Å². The lowest BCUT2D eigenvalue weighted by Gasteiger charge is -2.43. The molecule has 19 heavy (non-hydrogen) atoms. The molecule has 3 nitrogen and oxygen atoms in total. The fourth-order valence-corrected chi connectivity index (χ4v) is 3.95. The standard InChI is InChI=1S/C16H31N3/c1-12-11-18(3)13(2)10-16(12)17-14-6-8-19(9-7-14)15-4-5-15/h12-17H,4-11H2,1-3H3. The quantitative estimate of drug-likeness (QED) is 0.841. The van der Waals surface area contributed by atoms with Gasteiger partial charge < -0.3 is 15.1 Å². The molecule has 0 amide bonds. The molecule has 0 aromatic heterocycles. The molecule has 0 aromatic carbocycles. The predicted molar refractivity (Wildman–Crippen MR) is 80.4 cm³/mol. The van der Waals surface area contributed by atoms with Gasteiger partial charge in [0.1, 0.15) is 0 Å². The third kappa shape index (κ3) is 3.32. The number of hydrogen-bond acceptors (Lipinski definition) is 3. The normalized spacial score (nSPS) is 39.6. The van der Waals surface area contributed by atoms with Crippen molar-refractivity contribution in [3.63, 3.8) is 0 Å². The van der Waals surface area contributed by atoms with Crippen molar-refractivity contribution >= 4 is 0 Å². The minimum Gasteiger partial charge on any atom is -0.311 e. The second kappa shape index (κ2) is 5.71. The van der Waals surface area contributed by atoms with Gasteiger partial charge in [-0.2, -0.15) is 0 Å². The number of piperidine rings is 2. The highest BCUT2D eigenvalue weighted by atomic mass is 15.2. The second-order valence-corrected chi connectivity index (χ2v) is 7.32. The third-order valence-corrected chi connectivity index (χ3v) is 5.65. The SMILES string of the molecule is CC1CN(C)C(C)CC1NC1CCN(C2CC2)CC1. The first-order valence-corrected chi connectivity index (χ1v) is 8.34. The molecule has 1 saturated carbocycles. The number of hydrogen-bond donors (Lipinski definition) is 1. The van der Waals surface area contributed by atoms with E-state index in [2.05, 4.69) is 36.0 Å². The third-order valence-electron chi connectivity index (χ3n) is 5.65. The average molecular weight is 265 g/mol. The molecule has 3 rings (SSSR count). The fourth-order valence-electron chi connectivity index (χ4n) is 3.95. The first-order valence-electron chi connectivity index (χ1n) is 8.34. The van der Waals surface area contributed by atoms with Crippen molar-refractivity contribution in [2.45, 2.75) is 70.1 Å². The van der Waals surface area contributed by atoms with Gasteiger partial charge in [-0.05, 0) is 65.1 Å². The first kappa shape index (κ1) is 13.8. The molecule has 110 valence electrons. The average Bonchev–Trinajstić information content (AvgIpc) is 3.21. The molecule has 2 saturated heterocycles. The zero-order valence-corrected chi connectivity index (χ0v) is 12.9. The van der Waals surface area contributed by atoms with Crippen LogP contribution in [0.1, 0.15) is 46.0 Å². The van der Waals surface area contributed by atoms with E-state index >= 15 is 0 Å². The van der Waals surface area contributed by atoms with Gasteiger partial charge >= 0.3 is 0 Å². The van der Waals surface area contributed by atoms with Crippen LogP contribution in [0.15, 0.2) is 0 Å². The Morgan fingerprint density at radius 3 is 2.32 bits per heavy atom. The van der Waals surface area contributed by atoms with Crippen LogP contribution in [0.2, 0.25) is 0 Å². The van der Waals surface area contributed by atoms with E-state index in [0.717, 1.165) is 30.1 Å². The Balaban J connectivity index is 1.46. The zero-order valence-electron chi connectivity index (χ0n) is 12.9. The predicted octanol–water partition coefficient (Wildman–Crippen LogP) is 1.93. The van der Waals surface area contributed by atoms with Crippen LogP contribution < -0.4 is 5.32 Å². The van der Waals surface area contributed by atoms with Gasteiger partial charge in [-0.15, -0.1) is 0 Å². The zero-order chi connectivity index (χ0) is 13.4. The Labute approximate surface area is 118 Å². The first-order chi connectivity index (χ1) is 9.13. The van der Waals surface area contributed by atoms with Crippen LogP contribution in [0.25, 0.3) is 0 Å². The van der Waals surface area contributed by atoms with E-state index in [1.165, 1.54) is 51.7 Å². The number of likely N-dealkylation sites (tertiary alicyclic amines) is 2. The summed E-state index contributed by atoms with van der Waals surface area (Å²) >= 11 is 0. The highest BCUT2D eigenvalue weighted by Crippen LogP contribution is 2.30. The molecule has 3 atom stereocenters. The van der Waals surface area contributed by atoms with Crippen molar-refractivity contribution in [1.29, 1.82) is 0 Å². The molecule has 3 heteroatoms. The van der Waals surface area contributed by atoms with Crippen molar-refractivity contribution < 1.29 is 0 Å². The van der Waals surface area contributed by atoms with Gasteiger partial charge in [-0.25, -0.2) is 0 Å². The van der Waals surface area contributed by atoms with Crippen LogP contribution in [0.3, 0.4) is 0 Å². The lowest BCUT2D eigenvalue weighted by atomic mass is 9.88. The molecule has 1 aliphatic carbocycles. The van der Waals surface area contributed by atoms with Crippen molar-refractivity contribution in [3.05, 3.63) is 0 Å². The Morgan fingerprint density at radius 2 is 1.68 bits per heavy atom. The van der Waals surface area contributed by atoms with Gasteiger partial charge in [-0.3, -0.25) is 0 Å². The molecule has 0 aromatic rings. The summed E-state index contributed by atoms with van der Waals surface area (Å²) in [5, 5.41) is 3.99. The summed E-state index contributed by atoms with van der Waals surface area (Å²) in [6.07, 6.45) is 6.97. The Bertz CT molecular complexity index is 294. The van der Waals surface area contributed by atoms with Crippen LogP contribution in [-0.4, -0.2) is 60.6 Å². The lowest BCUT2D eigenvalue weighted by molar-refractivity contribution is 0.103. The van der Waals surface area contributed by atoms with Crippen molar-refractivity contribution in [3.8, 4) is 0 Å². The van der Waals surface area contributed by atoms with Crippen LogP contribution in [0, 0.1) is 5.92 Å². The van der Waals surface area contributed by atoms with E-state index in [1.54, 1.807) is 0 Å². The van der Waals surface area contributed by atoms with Crippen LogP contribution >= 0.6 is 0 Å². The van der Waals surface area contributed by atoms with Gasteiger partial charge in [0.2, 0.25) is 0 Å². The van der Waals surface area contributed by atoms with E-state index in [1.807, 2.05) is 0 Å². The van der Waals surface area contributed by atoms with Crippen molar-refractivity contribution in [1.82, 2.24) is 15.1 Å². The maximum Gasteiger partial charge on any atom is 0.0122 e. The van der Waals surface area contributed by atoms with Gasteiger partial charge in [0.05, 0.1) is 0 Å². The largest absolute Gasteiger partial charge is 0.311 e. The summed E-state index contributed by atoms with van der Waals surface area (Å²) in [5.41, 5.74) is 0. The maximum atomic E-state index is 3.99. The van der Waals surface area contributed by atoms with Crippen LogP contribution in [-0.2, 0) is 0 Å². The smallest absolute Gasteiger partial charge is 0.0122 e. The molecule has 0 radical (unpaired) electrons. The monoisotopic (exact) mass is 265 g/mol. The second-order valence-electron chi connectivity index (χ2n) is 7.32. The molecule has 2 aliphatic heterocycles. The van der Waals surface area contributed by atoms with E-state index < -0.39 is 0 Å². The summed E-state index contributed by atoms with van der Waals surface area (Å²) in [6, 6.07) is 3.21. The summed E-state index contributed by atoms with van der Waals surface area (Å²) in [4.78, 5) is 5.23. The molecule has 3 unspecified atom stereocenters. The highest BCUT2D eigenvalue weighted by molar-refractivity contribution is 4.92. The van der Waals surface area contributed by atoms with E-state index in [0.29, 0.717) is 0 Å². The van der Waals surface area contributed by atoms with Gasteiger partial charge in [-0.1, -0.05) is 6.92 Å². The molecule has 3 aliphatic rings. The summed E-state index contributed by atoms with van der Waals surface area (Å²) < 4.78 is 0. The molecular formula is C16H31N3. The van der Waals surface area contributed by atoms with E-state index in [-0.39, 0.29) is 0 Å². The minimum absolute atomic E-state index is 0.736. The lowest BCUT2D eigenvalue weighted by Crippen LogP contribution is -2.55. The summed E-state index contributed by atoms with van der Waals surface area (Å²) in [6.45, 7) is 8.70. The molecule has 3 fully saturated rings. The molecule has 0 spiro atoms. The number of nitrogens with one attached hydrogen (secondary N) is 1. The maximum absolute atomic E-state index is 3.99. The minimum atomic E-state index is 0.736. The molecular weight excluding hydrogens is 234 g/mol. The van der Waals surface area contributed by atoms with Gasteiger partial charge in [0.25, 0.3) is 0 Å². The topological polar surface area (TPSA) is 18.5 Å². The van der Waals surface area contributed by atoms with Crippen LogP contribution in [0.4, 0.5) is 0 Å². The van der Waals surface area contributed by atoms with Crippen molar-refractivity contribution in [2.75, 3.05) is 26.7 Å². The Kier molecular flexibility index (Phi) is 4.16. The van der Waals surface area contributed by atoms with E-state index in [9.17, 15) is 0 Å². The van der Waals surface area contributed by atoms with Crippen molar-refractivity contribution in [2.24, 2.45) is 5.92 Å². The fraction of sp³-hybridized carbons (Fsp3) is 1.00. The highest BCUT2D eigenvalue weighted by Gasteiger charge is 2.34. The molecule has 2 heterocycles. The summed E-state index contributed by atoms with van der Waals surface area (Å²) in [5.74, 6) is 0.794. The number of nitrogens with zero attached hydrogens (tertiary/aromatic N) is 2. The van der Waals surface area contributed by atoms with Crippen LogP contribution in [0.5, 0.6) is 0 Å². The van der Waals surface area contributed by atoms with Gasteiger partial charge in [0.15, 0.2) is 0 Å². The Morgan fingerprint density at radius 1 is 1.00 bits per heavy atom. The number of rotatable bonds is 3. The molecule has 0 bridgehead atoms. The van der Waals surface area contributed by atoms with E-state index in [4.69, 9.17) is 0 Å². The molecule has 1 N–H and O–H groups in total. The summed E-state index contributed by atoms with van der Waals surface area (Å²) in [7, 11) is 2.27. The Hall–Kier alpha value is -0.120.